The molecule has 0 aromatic carbocycles. The maximum Gasteiger partial charge on any atom is 0.397 e. The Morgan fingerprint density at radius 2 is 0.986 bits per heavy atom. The summed E-state index contributed by atoms with van der Waals surface area (Å²) in [6.07, 6.45) is 56.9. The predicted octanol–water partition coefficient (Wildman–Crippen LogP) is 12.7. The number of carbonyl (C=O) groups excluding carboxylic acids is 1. The lowest BCUT2D eigenvalue weighted by atomic mass is 9.99. The third-order valence-electron chi connectivity index (χ3n) is 11.4. The van der Waals surface area contributed by atoms with Crippen LogP contribution in [0.15, 0.2) is 109 Å². The normalized spacial score (nSPS) is 20.0. The topological polar surface area (TPSA) is 178 Å². The molecule has 0 saturated carbocycles. The maximum atomic E-state index is 12.9. The molecule has 12 nitrogen and oxygen atoms in total. The van der Waals surface area contributed by atoms with Crippen LogP contribution in [0, 0.1) is 0 Å². The lowest BCUT2D eigenvalue weighted by Gasteiger charge is -2.41. The highest BCUT2D eigenvalue weighted by Crippen LogP contribution is 2.26. The molecule has 400 valence electrons. The summed E-state index contributed by atoms with van der Waals surface area (Å²) in [6, 6.07) is 0. The summed E-state index contributed by atoms with van der Waals surface area (Å²) < 4.78 is 59.2. The molecule has 1 heterocycles. The molecule has 0 aromatic rings. The smallest absolute Gasteiger partial charge is 0.397 e. The van der Waals surface area contributed by atoms with E-state index in [9.17, 15) is 33.1 Å². The molecule has 0 aromatic heterocycles. The minimum atomic E-state index is -5.08. The summed E-state index contributed by atoms with van der Waals surface area (Å²) in [5.74, 6) is -0.461. The Kier molecular flexibility index (Phi) is 43.3. The van der Waals surface area contributed by atoms with Gasteiger partial charge >= 0.3 is 16.4 Å². The number of hydrogen-bond donors (Lipinski definition) is 4. The van der Waals surface area contributed by atoms with Crippen molar-refractivity contribution in [1.29, 1.82) is 0 Å². The number of rotatable bonds is 45. The molecule has 1 saturated heterocycles. The Morgan fingerprint density at radius 1 is 0.557 bits per heavy atom. The minimum Gasteiger partial charge on any atom is -0.457 e. The molecular formula is C57H94O12S. The van der Waals surface area contributed by atoms with Gasteiger partial charge in [-0.1, -0.05) is 187 Å². The second kappa shape index (κ2) is 46.8. The first kappa shape index (κ1) is 64.8. The van der Waals surface area contributed by atoms with Crippen molar-refractivity contribution in [3.63, 3.8) is 0 Å². The Bertz CT molecular complexity index is 1630. The van der Waals surface area contributed by atoms with E-state index in [-0.39, 0.29) is 19.6 Å². The van der Waals surface area contributed by atoms with Crippen LogP contribution in [0.3, 0.4) is 0 Å². The lowest BCUT2D eigenvalue weighted by Crippen LogP contribution is -2.60. The third-order valence-corrected chi connectivity index (χ3v) is 11.8. The van der Waals surface area contributed by atoms with Gasteiger partial charge in [-0.05, 0) is 96.3 Å². The van der Waals surface area contributed by atoms with Gasteiger partial charge < -0.3 is 34.3 Å². The van der Waals surface area contributed by atoms with E-state index in [1.54, 1.807) is 0 Å². The van der Waals surface area contributed by atoms with Crippen molar-refractivity contribution in [1.82, 2.24) is 0 Å². The van der Waals surface area contributed by atoms with Crippen molar-refractivity contribution in [3.05, 3.63) is 109 Å². The standard InChI is InChI=1S/C57H94O12S/c1-3-5-7-9-11-13-15-17-19-21-23-25-26-27-28-30-32-34-36-38-40-42-44-46-53(59)67-51(50-66-57-55(61)56(69-70(62,63)64)54(60)52(48-58)68-57)49-65-47-45-43-41-39-37-35-33-31-29-24-22-20-18-16-14-12-10-8-6-4-2/h5,7,11-14,17-20,23,25,27-28,32,34,38,40,51-52,54-58,60-61H,3-4,6,8-10,15-16,21-22,24,26,29-31,33,35-37,39,41-50H2,1-2H3,(H,62,63,64)/b7-5-,13-11-,14-12-,19-17-,20-18-,25-23-,28-27-,34-32-,40-38-. The van der Waals surface area contributed by atoms with E-state index in [1.807, 2.05) is 6.08 Å². The van der Waals surface area contributed by atoms with Gasteiger partial charge in [-0.2, -0.15) is 8.42 Å². The van der Waals surface area contributed by atoms with Crippen LogP contribution in [0.2, 0.25) is 0 Å². The van der Waals surface area contributed by atoms with Gasteiger partial charge in [0, 0.05) is 13.0 Å². The molecule has 0 amide bonds. The second-order valence-electron chi connectivity index (χ2n) is 17.7. The first-order chi connectivity index (χ1) is 34.1. The second-order valence-corrected chi connectivity index (χ2v) is 18.8. The van der Waals surface area contributed by atoms with Gasteiger partial charge in [-0.15, -0.1) is 0 Å². The van der Waals surface area contributed by atoms with E-state index in [0.29, 0.717) is 19.4 Å². The van der Waals surface area contributed by atoms with Crippen LogP contribution in [-0.4, -0.2) is 97.5 Å². The molecular weight excluding hydrogens is 909 g/mol. The molecule has 1 aliphatic rings. The Morgan fingerprint density at radius 3 is 1.44 bits per heavy atom. The molecule has 70 heavy (non-hydrogen) atoms. The molecule has 1 aliphatic heterocycles. The van der Waals surface area contributed by atoms with E-state index in [1.165, 1.54) is 70.6 Å². The van der Waals surface area contributed by atoms with Crippen LogP contribution >= 0.6 is 0 Å². The Hall–Kier alpha value is -3.24. The van der Waals surface area contributed by atoms with Crippen molar-refractivity contribution in [2.75, 3.05) is 26.4 Å². The van der Waals surface area contributed by atoms with Gasteiger partial charge in [0.05, 0.1) is 19.8 Å². The van der Waals surface area contributed by atoms with Gasteiger partial charge in [0.1, 0.15) is 30.5 Å². The highest BCUT2D eigenvalue weighted by atomic mass is 32.3. The zero-order chi connectivity index (χ0) is 51.0. The van der Waals surface area contributed by atoms with Crippen molar-refractivity contribution in [3.8, 4) is 0 Å². The first-order valence-corrected chi connectivity index (χ1v) is 28.0. The molecule has 1 fully saturated rings. The number of allylic oxidation sites excluding steroid dienone is 18. The van der Waals surface area contributed by atoms with Crippen molar-refractivity contribution >= 4 is 16.4 Å². The fraction of sp³-hybridized carbons (Fsp3) is 0.667. The Labute approximate surface area is 424 Å². The number of aliphatic hydroxyl groups is 3. The number of hydrogen-bond acceptors (Lipinski definition) is 11. The summed E-state index contributed by atoms with van der Waals surface area (Å²) in [4.78, 5) is 12.9. The largest absolute Gasteiger partial charge is 0.457 e. The highest BCUT2D eigenvalue weighted by molar-refractivity contribution is 7.80. The molecule has 6 unspecified atom stereocenters. The SMILES string of the molecule is CC/C=C\C/C=C\C/C=C\C/C=C\C/C=C\C/C=C\C/C=C\CCCC(=O)OC(COCCCCCCCCCCCC/C=C\C/C=C\CCCCC)COC1OC(CO)C(O)C(OS(=O)(=O)O)C1O. The van der Waals surface area contributed by atoms with E-state index in [0.717, 1.165) is 77.0 Å². The lowest BCUT2D eigenvalue weighted by molar-refractivity contribution is -0.301. The van der Waals surface area contributed by atoms with E-state index in [4.69, 9.17) is 18.9 Å². The Balaban J connectivity index is 2.41. The van der Waals surface area contributed by atoms with Gasteiger partial charge in [0.2, 0.25) is 0 Å². The van der Waals surface area contributed by atoms with Crippen molar-refractivity contribution < 1.29 is 56.2 Å². The third kappa shape index (κ3) is 39.4. The van der Waals surface area contributed by atoms with Gasteiger partial charge in [-0.3, -0.25) is 9.35 Å². The fourth-order valence-corrected chi connectivity index (χ4v) is 7.91. The number of esters is 1. The fourth-order valence-electron chi connectivity index (χ4n) is 7.40. The van der Waals surface area contributed by atoms with Gasteiger partial charge in [0.15, 0.2) is 6.29 Å². The average Bonchev–Trinajstić information content (AvgIpc) is 3.34. The van der Waals surface area contributed by atoms with Crippen LogP contribution in [-0.2, 0) is 38.3 Å². The average molecular weight is 1000 g/mol. The quantitative estimate of drug-likeness (QED) is 0.0197. The molecule has 13 heteroatoms. The van der Waals surface area contributed by atoms with Gasteiger partial charge in [0.25, 0.3) is 0 Å². The van der Waals surface area contributed by atoms with Gasteiger partial charge in [-0.25, -0.2) is 4.18 Å². The van der Waals surface area contributed by atoms with Crippen LogP contribution < -0.4 is 0 Å². The van der Waals surface area contributed by atoms with Crippen molar-refractivity contribution in [2.24, 2.45) is 0 Å². The van der Waals surface area contributed by atoms with Crippen LogP contribution in [0.5, 0.6) is 0 Å². The summed E-state index contributed by atoms with van der Waals surface area (Å²) in [7, 11) is -5.08. The minimum absolute atomic E-state index is 0.00335. The number of aliphatic hydroxyl groups excluding tert-OH is 3. The van der Waals surface area contributed by atoms with Crippen LogP contribution in [0.1, 0.15) is 181 Å². The summed E-state index contributed by atoms with van der Waals surface area (Å²) >= 11 is 0. The van der Waals surface area contributed by atoms with Crippen molar-refractivity contribution in [2.45, 2.75) is 218 Å². The van der Waals surface area contributed by atoms with Crippen LogP contribution in [0.25, 0.3) is 0 Å². The van der Waals surface area contributed by atoms with E-state index in [2.05, 4.69) is 121 Å². The summed E-state index contributed by atoms with van der Waals surface area (Å²) in [5, 5.41) is 30.8. The van der Waals surface area contributed by atoms with Crippen LogP contribution in [0.4, 0.5) is 0 Å². The predicted molar refractivity (Wildman–Crippen MR) is 284 cm³/mol. The molecule has 0 spiro atoms. The molecule has 0 bridgehead atoms. The van der Waals surface area contributed by atoms with E-state index >= 15 is 0 Å². The molecule has 1 rings (SSSR count). The molecule has 4 N–H and O–H groups in total. The molecule has 6 atom stereocenters. The number of ether oxygens (including phenoxy) is 4. The first-order valence-electron chi connectivity index (χ1n) is 26.6. The summed E-state index contributed by atoms with van der Waals surface area (Å²) in [5.41, 5.74) is 0. The van der Waals surface area contributed by atoms with E-state index < -0.39 is 59.8 Å². The highest BCUT2D eigenvalue weighted by Gasteiger charge is 2.48. The maximum absolute atomic E-state index is 12.9. The zero-order valence-corrected chi connectivity index (χ0v) is 43.8. The number of carbonyl (C=O) groups is 1. The molecule has 0 aliphatic carbocycles. The number of unbranched alkanes of at least 4 members (excludes halogenated alkanes) is 14. The molecule has 0 radical (unpaired) electrons. The summed E-state index contributed by atoms with van der Waals surface area (Å²) in [6.45, 7) is 3.77. The monoisotopic (exact) mass is 1000 g/mol. The zero-order valence-electron chi connectivity index (χ0n) is 43.0.